The maximum atomic E-state index is 12.0. The highest BCUT2D eigenvalue weighted by atomic mass is 16.5. The molecule has 0 unspecified atom stereocenters. The van der Waals surface area contributed by atoms with E-state index < -0.39 is 0 Å². The minimum absolute atomic E-state index is 0.0768. The van der Waals surface area contributed by atoms with E-state index in [-0.39, 0.29) is 11.9 Å². The largest absolute Gasteiger partial charge is 0.493 e. The summed E-state index contributed by atoms with van der Waals surface area (Å²) in [5, 5.41) is 6.93. The number of hydrogen-bond donors (Lipinski definition) is 1. The molecule has 1 amide bonds. The van der Waals surface area contributed by atoms with Gasteiger partial charge in [-0.25, -0.2) is 0 Å². The van der Waals surface area contributed by atoms with E-state index in [9.17, 15) is 4.79 Å². The Morgan fingerprint density at radius 1 is 1.37 bits per heavy atom. The van der Waals surface area contributed by atoms with Crippen molar-refractivity contribution in [3.63, 3.8) is 0 Å². The van der Waals surface area contributed by atoms with Crippen LogP contribution in [0.5, 0.6) is 11.5 Å². The standard InChI is InChI=1S/C21H26N2O4/c1-13(17-7-8-17)22-21(24)10-6-16-5-9-19(20(11-16)25-4)26-12-18-14(2)23-27-15(18)3/h5-6,9-11,13,17H,7-8,12H2,1-4H3,(H,22,24)/b10-6+/t13-/m0/s1. The van der Waals surface area contributed by atoms with Gasteiger partial charge in [0.1, 0.15) is 12.4 Å². The van der Waals surface area contributed by atoms with Gasteiger partial charge in [0.15, 0.2) is 11.5 Å². The third kappa shape index (κ3) is 4.90. The van der Waals surface area contributed by atoms with Crippen molar-refractivity contribution in [3.8, 4) is 11.5 Å². The third-order valence-electron chi connectivity index (χ3n) is 4.87. The molecule has 0 radical (unpaired) electrons. The second-order valence-electron chi connectivity index (χ2n) is 6.97. The Labute approximate surface area is 159 Å². The van der Waals surface area contributed by atoms with E-state index in [1.165, 1.54) is 12.8 Å². The van der Waals surface area contributed by atoms with E-state index in [1.807, 2.05) is 32.0 Å². The van der Waals surface area contributed by atoms with Crippen LogP contribution in [-0.2, 0) is 11.4 Å². The molecule has 6 heteroatoms. The fourth-order valence-electron chi connectivity index (χ4n) is 2.92. The van der Waals surface area contributed by atoms with E-state index in [0.717, 1.165) is 22.6 Å². The summed E-state index contributed by atoms with van der Waals surface area (Å²) >= 11 is 0. The van der Waals surface area contributed by atoms with Gasteiger partial charge >= 0.3 is 0 Å². The van der Waals surface area contributed by atoms with Gasteiger partial charge in [-0.1, -0.05) is 11.2 Å². The molecule has 2 aromatic rings. The predicted octanol–water partition coefficient (Wildman–Crippen LogP) is 3.81. The summed E-state index contributed by atoms with van der Waals surface area (Å²) in [5.41, 5.74) is 2.62. The number of carbonyl (C=O) groups excluding carboxylic acids is 1. The van der Waals surface area contributed by atoms with Crippen LogP contribution in [-0.4, -0.2) is 24.2 Å². The Morgan fingerprint density at radius 3 is 2.78 bits per heavy atom. The van der Waals surface area contributed by atoms with Crippen molar-refractivity contribution in [1.29, 1.82) is 0 Å². The lowest BCUT2D eigenvalue weighted by Crippen LogP contribution is -2.32. The molecule has 1 N–H and O–H groups in total. The van der Waals surface area contributed by atoms with Gasteiger partial charge in [0.2, 0.25) is 5.91 Å². The van der Waals surface area contributed by atoms with Crippen LogP contribution in [0.4, 0.5) is 0 Å². The number of methoxy groups -OCH3 is 1. The number of nitrogens with zero attached hydrogens (tertiary/aromatic N) is 1. The molecule has 1 aromatic carbocycles. The van der Waals surface area contributed by atoms with Crippen molar-refractivity contribution in [2.24, 2.45) is 5.92 Å². The Kier molecular flexibility index (Phi) is 5.84. The molecular weight excluding hydrogens is 344 g/mol. The van der Waals surface area contributed by atoms with Crippen LogP contribution in [0.3, 0.4) is 0 Å². The molecule has 0 bridgehead atoms. The Bertz CT molecular complexity index is 817. The summed E-state index contributed by atoms with van der Waals surface area (Å²) in [6.07, 6.45) is 5.74. The normalized spacial score (nSPS) is 15.0. The fraction of sp³-hybridized carbons (Fsp3) is 0.429. The van der Waals surface area contributed by atoms with Gasteiger partial charge in [0.25, 0.3) is 0 Å². The van der Waals surface area contributed by atoms with Gasteiger partial charge in [-0.15, -0.1) is 0 Å². The quantitative estimate of drug-likeness (QED) is 0.716. The molecule has 1 saturated carbocycles. The SMILES string of the molecule is COc1cc(/C=C/C(=O)N[C@@H](C)C2CC2)ccc1OCc1c(C)noc1C. The number of aromatic nitrogens is 1. The molecule has 27 heavy (non-hydrogen) atoms. The van der Waals surface area contributed by atoms with Crippen LogP contribution in [0.2, 0.25) is 0 Å². The number of ether oxygens (including phenoxy) is 2. The van der Waals surface area contributed by atoms with Crippen LogP contribution in [0.25, 0.3) is 6.08 Å². The number of aryl methyl sites for hydroxylation is 2. The van der Waals surface area contributed by atoms with Crippen molar-refractivity contribution in [1.82, 2.24) is 10.5 Å². The fourth-order valence-corrected chi connectivity index (χ4v) is 2.92. The highest BCUT2D eigenvalue weighted by molar-refractivity contribution is 5.92. The average Bonchev–Trinajstić information content (AvgIpc) is 3.46. The molecule has 1 aliphatic rings. The highest BCUT2D eigenvalue weighted by Gasteiger charge is 2.28. The van der Waals surface area contributed by atoms with Crippen molar-refractivity contribution >= 4 is 12.0 Å². The van der Waals surface area contributed by atoms with Gasteiger partial charge in [-0.3, -0.25) is 4.79 Å². The second kappa shape index (κ2) is 8.29. The van der Waals surface area contributed by atoms with Crippen molar-refractivity contribution in [2.45, 2.75) is 46.3 Å². The van der Waals surface area contributed by atoms with Crippen LogP contribution < -0.4 is 14.8 Å². The van der Waals surface area contributed by atoms with Crippen molar-refractivity contribution in [3.05, 3.63) is 46.9 Å². The van der Waals surface area contributed by atoms with Crippen molar-refractivity contribution < 1.29 is 18.8 Å². The molecule has 144 valence electrons. The summed E-state index contributed by atoms with van der Waals surface area (Å²) in [7, 11) is 1.59. The summed E-state index contributed by atoms with van der Waals surface area (Å²) in [5.74, 6) is 2.54. The zero-order chi connectivity index (χ0) is 19.4. The maximum absolute atomic E-state index is 12.0. The smallest absolute Gasteiger partial charge is 0.244 e. The Balaban J connectivity index is 1.63. The first-order chi connectivity index (χ1) is 13.0. The predicted molar refractivity (Wildman–Crippen MR) is 103 cm³/mol. The van der Waals surface area contributed by atoms with Gasteiger partial charge in [0, 0.05) is 12.1 Å². The molecule has 1 fully saturated rings. The molecule has 1 aromatic heterocycles. The zero-order valence-corrected chi connectivity index (χ0v) is 16.2. The molecule has 1 atom stereocenters. The number of amides is 1. The maximum Gasteiger partial charge on any atom is 0.244 e. The summed E-state index contributed by atoms with van der Waals surface area (Å²) in [6.45, 7) is 6.15. The first kappa shape index (κ1) is 19.0. The van der Waals surface area contributed by atoms with E-state index in [1.54, 1.807) is 19.3 Å². The lowest BCUT2D eigenvalue weighted by atomic mass is 10.1. The molecule has 0 saturated heterocycles. The average molecular weight is 370 g/mol. The molecule has 0 spiro atoms. The summed E-state index contributed by atoms with van der Waals surface area (Å²) in [6, 6.07) is 5.80. The third-order valence-corrected chi connectivity index (χ3v) is 4.87. The van der Waals surface area contributed by atoms with Crippen molar-refractivity contribution in [2.75, 3.05) is 7.11 Å². The second-order valence-corrected chi connectivity index (χ2v) is 6.97. The zero-order valence-electron chi connectivity index (χ0n) is 16.2. The summed E-state index contributed by atoms with van der Waals surface area (Å²) < 4.78 is 16.5. The van der Waals surface area contributed by atoms with Gasteiger partial charge < -0.3 is 19.3 Å². The van der Waals surface area contributed by atoms with Crippen LogP contribution in [0.1, 0.15) is 42.3 Å². The number of rotatable bonds is 8. The number of hydrogen-bond acceptors (Lipinski definition) is 5. The molecule has 0 aliphatic heterocycles. The van der Waals surface area contributed by atoms with Crippen LogP contribution >= 0.6 is 0 Å². The summed E-state index contributed by atoms with van der Waals surface area (Å²) in [4.78, 5) is 12.0. The van der Waals surface area contributed by atoms with E-state index in [4.69, 9.17) is 14.0 Å². The van der Waals surface area contributed by atoms with Gasteiger partial charge in [-0.2, -0.15) is 0 Å². The Morgan fingerprint density at radius 2 is 2.15 bits per heavy atom. The van der Waals surface area contributed by atoms with Gasteiger partial charge in [0.05, 0.1) is 18.4 Å². The number of carbonyl (C=O) groups is 1. The van der Waals surface area contributed by atoms with E-state index in [0.29, 0.717) is 24.0 Å². The molecular formula is C21H26N2O4. The van der Waals surface area contributed by atoms with Gasteiger partial charge in [-0.05, 0) is 63.3 Å². The topological polar surface area (TPSA) is 73.6 Å². The first-order valence-electron chi connectivity index (χ1n) is 9.19. The highest BCUT2D eigenvalue weighted by Crippen LogP contribution is 2.32. The van der Waals surface area contributed by atoms with Crippen LogP contribution in [0.15, 0.2) is 28.8 Å². The van der Waals surface area contributed by atoms with Crippen LogP contribution in [0, 0.1) is 19.8 Å². The first-order valence-corrected chi connectivity index (χ1v) is 9.19. The lowest BCUT2D eigenvalue weighted by Gasteiger charge is -2.12. The van der Waals surface area contributed by atoms with E-state index in [2.05, 4.69) is 17.4 Å². The Hall–Kier alpha value is -2.76. The minimum Gasteiger partial charge on any atom is -0.493 e. The molecule has 3 rings (SSSR count). The lowest BCUT2D eigenvalue weighted by molar-refractivity contribution is -0.117. The molecule has 1 aliphatic carbocycles. The minimum atomic E-state index is -0.0768. The molecule has 6 nitrogen and oxygen atoms in total. The molecule has 1 heterocycles. The number of nitrogens with one attached hydrogen (secondary N) is 1. The van der Waals surface area contributed by atoms with E-state index >= 15 is 0 Å². The number of benzene rings is 1. The monoisotopic (exact) mass is 370 g/mol.